The van der Waals surface area contributed by atoms with Gasteiger partial charge in [0.05, 0.1) is 0 Å². The molecule has 0 aliphatic heterocycles. The first-order valence-corrected chi connectivity index (χ1v) is 10.4. The molecular formula is C19H29IO. The summed E-state index contributed by atoms with van der Waals surface area (Å²) in [5, 5.41) is 0. The van der Waals surface area contributed by atoms with Crippen LogP contribution in [0.2, 0.25) is 0 Å². The number of rotatable bonds is 0. The molecule has 0 radical (unpaired) electrons. The van der Waals surface area contributed by atoms with Crippen LogP contribution in [0.15, 0.2) is 0 Å². The number of Topliss-reactive ketones (excluding diaryl/α,β-unsaturated/α-hetero) is 1. The summed E-state index contributed by atoms with van der Waals surface area (Å²) < 4.78 is 0.916. The van der Waals surface area contributed by atoms with E-state index in [2.05, 4.69) is 36.4 Å². The Balaban J connectivity index is 1.64. The molecule has 0 saturated heterocycles. The van der Waals surface area contributed by atoms with Crippen LogP contribution in [0, 0.1) is 34.5 Å². The van der Waals surface area contributed by atoms with Gasteiger partial charge in [-0.15, -0.1) is 0 Å². The van der Waals surface area contributed by atoms with Gasteiger partial charge in [-0.25, -0.2) is 0 Å². The lowest BCUT2D eigenvalue weighted by Crippen LogP contribution is -2.53. The summed E-state index contributed by atoms with van der Waals surface area (Å²) in [6.45, 7) is 4.93. The lowest BCUT2D eigenvalue weighted by molar-refractivity contribution is -0.138. The molecule has 0 N–H and O–H groups in total. The Kier molecular flexibility index (Phi) is 3.52. The molecule has 118 valence electrons. The molecule has 7 atom stereocenters. The van der Waals surface area contributed by atoms with E-state index in [-0.39, 0.29) is 5.41 Å². The number of alkyl halides is 1. The van der Waals surface area contributed by atoms with Gasteiger partial charge < -0.3 is 0 Å². The minimum atomic E-state index is 0.0603. The number of hydrogen-bond acceptors (Lipinski definition) is 1. The van der Waals surface area contributed by atoms with Crippen LogP contribution in [0.5, 0.6) is 0 Å². The standard InChI is InChI=1S/C19H29IO/c1-18-9-7-13(20)11-12(18)3-4-14-15-5-6-17(21)19(15,2)10-8-16(14)18/h12-16H,3-11H2,1-2H3/t12-,13?,14-,15-,16-,18-,19-/m0/s1. The zero-order valence-electron chi connectivity index (χ0n) is 13.5. The van der Waals surface area contributed by atoms with Gasteiger partial charge in [-0.2, -0.15) is 0 Å². The van der Waals surface area contributed by atoms with Gasteiger partial charge in [-0.1, -0.05) is 36.4 Å². The SMILES string of the molecule is C[C@]12CCC(I)C[C@@H]1CC[C@@H]1[C@@H]2CC[C@]2(C)C(=O)CC[C@@H]12. The second kappa shape index (κ2) is 4.95. The van der Waals surface area contributed by atoms with Crippen LogP contribution < -0.4 is 0 Å². The lowest BCUT2D eigenvalue weighted by Gasteiger charge is -2.60. The Hall–Kier alpha value is 0.400. The van der Waals surface area contributed by atoms with E-state index in [1.54, 1.807) is 0 Å². The summed E-state index contributed by atoms with van der Waals surface area (Å²) in [7, 11) is 0. The van der Waals surface area contributed by atoms with E-state index < -0.39 is 0 Å². The summed E-state index contributed by atoms with van der Waals surface area (Å²) >= 11 is 2.69. The van der Waals surface area contributed by atoms with Crippen molar-refractivity contribution in [1.82, 2.24) is 0 Å². The summed E-state index contributed by atoms with van der Waals surface area (Å²) in [6, 6.07) is 0. The Labute approximate surface area is 143 Å². The quantitative estimate of drug-likeness (QED) is 0.393. The van der Waals surface area contributed by atoms with Gasteiger partial charge in [0.1, 0.15) is 5.78 Å². The van der Waals surface area contributed by atoms with Crippen molar-refractivity contribution < 1.29 is 4.79 Å². The van der Waals surface area contributed by atoms with Crippen LogP contribution in [0.25, 0.3) is 0 Å². The van der Waals surface area contributed by atoms with Crippen molar-refractivity contribution >= 4 is 28.4 Å². The van der Waals surface area contributed by atoms with E-state index in [0.717, 1.165) is 34.0 Å². The van der Waals surface area contributed by atoms with E-state index >= 15 is 0 Å². The summed E-state index contributed by atoms with van der Waals surface area (Å²) in [5.41, 5.74) is 0.655. The van der Waals surface area contributed by atoms with Crippen molar-refractivity contribution in [1.29, 1.82) is 0 Å². The largest absolute Gasteiger partial charge is 0.299 e. The highest BCUT2D eigenvalue weighted by atomic mass is 127. The van der Waals surface area contributed by atoms with Crippen LogP contribution in [-0.2, 0) is 4.79 Å². The average molecular weight is 400 g/mol. The third kappa shape index (κ3) is 2.03. The monoisotopic (exact) mass is 400 g/mol. The molecule has 0 spiro atoms. The molecule has 0 heterocycles. The zero-order valence-corrected chi connectivity index (χ0v) is 15.7. The number of ketones is 1. The van der Waals surface area contributed by atoms with E-state index in [1.165, 1.54) is 51.4 Å². The molecule has 1 unspecified atom stereocenters. The maximum atomic E-state index is 12.4. The number of hydrogen-bond donors (Lipinski definition) is 0. The number of carbonyl (C=O) groups is 1. The first-order valence-electron chi connectivity index (χ1n) is 9.12. The molecule has 0 amide bonds. The van der Waals surface area contributed by atoms with Crippen LogP contribution in [0.3, 0.4) is 0 Å². The predicted molar refractivity (Wildman–Crippen MR) is 94.5 cm³/mol. The molecule has 4 fully saturated rings. The molecule has 21 heavy (non-hydrogen) atoms. The minimum absolute atomic E-state index is 0.0603. The van der Waals surface area contributed by atoms with Crippen molar-refractivity contribution in [2.75, 3.05) is 0 Å². The van der Waals surface area contributed by atoms with Crippen molar-refractivity contribution in [2.24, 2.45) is 34.5 Å². The van der Waals surface area contributed by atoms with Crippen LogP contribution in [0.1, 0.15) is 71.6 Å². The van der Waals surface area contributed by atoms with E-state index in [0.29, 0.717) is 11.2 Å². The fourth-order valence-electron chi connectivity index (χ4n) is 6.98. The first kappa shape index (κ1) is 15.0. The van der Waals surface area contributed by atoms with E-state index in [9.17, 15) is 4.79 Å². The molecule has 0 aromatic rings. The maximum absolute atomic E-state index is 12.4. The molecular weight excluding hydrogens is 371 g/mol. The fourth-order valence-corrected chi connectivity index (χ4v) is 7.90. The molecule has 4 saturated carbocycles. The van der Waals surface area contributed by atoms with Crippen molar-refractivity contribution in [3.63, 3.8) is 0 Å². The minimum Gasteiger partial charge on any atom is -0.299 e. The van der Waals surface area contributed by atoms with Gasteiger partial charge in [0.2, 0.25) is 0 Å². The van der Waals surface area contributed by atoms with Gasteiger partial charge in [0, 0.05) is 15.8 Å². The molecule has 4 rings (SSSR count). The van der Waals surface area contributed by atoms with Crippen molar-refractivity contribution in [2.45, 2.75) is 75.6 Å². The lowest BCUT2D eigenvalue weighted by atomic mass is 9.45. The summed E-state index contributed by atoms with van der Waals surface area (Å²) in [6.07, 6.45) is 11.8. The fraction of sp³-hybridized carbons (Fsp3) is 0.947. The molecule has 2 heteroatoms. The third-order valence-electron chi connectivity index (χ3n) is 8.31. The van der Waals surface area contributed by atoms with Crippen molar-refractivity contribution in [3.05, 3.63) is 0 Å². The van der Waals surface area contributed by atoms with Crippen LogP contribution in [-0.4, -0.2) is 9.71 Å². The molecule has 4 aliphatic carbocycles. The zero-order chi connectivity index (χ0) is 14.8. The Morgan fingerprint density at radius 2 is 1.81 bits per heavy atom. The van der Waals surface area contributed by atoms with E-state index in [1.807, 2.05) is 0 Å². The maximum Gasteiger partial charge on any atom is 0.139 e. The highest BCUT2D eigenvalue weighted by molar-refractivity contribution is 14.1. The smallest absolute Gasteiger partial charge is 0.139 e. The molecule has 1 nitrogen and oxygen atoms in total. The Bertz CT molecular complexity index is 460. The van der Waals surface area contributed by atoms with Gasteiger partial charge in [-0.3, -0.25) is 4.79 Å². The van der Waals surface area contributed by atoms with Gasteiger partial charge >= 0.3 is 0 Å². The molecule has 0 aromatic heterocycles. The molecule has 0 aromatic carbocycles. The Morgan fingerprint density at radius 3 is 2.62 bits per heavy atom. The number of fused-ring (bicyclic) bond motifs is 5. The molecule has 0 bridgehead atoms. The van der Waals surface area contributed by atoms with Crippen LogP contribution in [0.4, 0.5) is 0 Å². The predicted octanol–water partition coefficient (Wildman–Crippen LogP) is 5.40. The number of halogens is 1. The first-order chi connectivity index (χ1) is 9.95. The van der Waals surface area contributed by atoms with Gasteiger partial charge in [0.25, 0.3) is 0 Å². The highest BCUT2D eigenvalue weighted by Gasteiger charge is 2.59. The Morgan fingerprint density at radius 1 is 1.00 bits per heavy atom. The number of carbonyl (C=O) groups excluding carboxylic acids is 1. The second-order valence-corrected chi connectivity index (χ2v) is 10.7. The highest BCUT2D eigenvalue weighted by Crippen LogP contribution is 2.65. The average Bonchev–Trinajstić information content (AvgIpc) is 2.76. The summed E-state index contributed by atoms with van der Waals surface area (Å²) in [5.74, 6) is 4.07. The van der Waals surface area contributed by atoms with Gasteiger partial charge in [0.15, 0.2) is 0 Å². The second-order valence-electron chi connectivity index (χ2n) is 8.95. The third-order valence-corrected chi connectivity index (χ3v) is 9.44. The summed E-state index contributed by atoms with van der Waals surface area (Å²) in [4.78, 5) is 12.4. The molecule has 4 aliphatic rings. The van der Waals surface area contributed by atoms with Crippen LogP contribution >= 0.6 is 22.6 Å². The van der Waals surface area contributed by atoms with Crippen molar-refractivity contribution in [3.8, 4) is 0 Å². The van der Waals surface area contributed by atoms with E-state index in [4.69, 9.17) is 0 Å². The van der Waals surface area contributed by atoms with Gasteiger partial charge in [-0.05, 0) is 80.5 Å². The topological polar surface area (TPSA) is 17.1 Å². The normalized spacial score (nSPS) is 56.5.